The third-order valence-electron chi connectivity index (χ3n) is 6.62. The van der Waals surface area contributed by atoms with Gasteiger partial charge in [0.1, 0.15) is 5.52 Å². The van der Waals surface area contributed by atoms with Gasteiger partial charge in [-0.15, -0.1) is 0 Å². The van der Waals surface area contributed by atoms with Gasteiger partial charge in [0.25, 0.3) is 0 Å². The fraction of sp³-hybridized carbons (Fsp3) is 0.259. The quantitative estimate of drug-likeness (QED) is 0.414. The zero-order valence-electron chi connectivity index (χ0n) is 19.6. The molecule has 176 valence electrons. The van der Waals surface area contributed by atoms with Crippen LogP contribution in [-0.2, 0) is 4.79 Å². The van der Waals surface area contributed by atoms with Crippen LogP contribution < -0.4 is 14.5 Å². The van der Waals surface area contributed by atoms with E-state index >= 15 is 0 Å². The van der Waals surface area contributed by atoms with E-state index in [0.717, 1.165) is 29.4 Å². The van der Waals surface area contributed by atoms with Gasteiger partial charge in [-0.25, -0.2) is 4.79 Å². The number of hydrogen-bond donors (Lipinski definition) is 0. The number of carbonyl (C=O) groups excluding carboxylic acids is 2. The first kappa shape index (κ1) is 21.3. The van der Waals surface area contributed by atoms with E-state index in [1.54, 1.807) is 29.0 Å². The molecular weight excluding hydrogens is 442 g/mol. The molecule has 8 heteroatoms. The summed E-state index contributed by atoms with van der Waals surface area (Å²) in [5.74, 6) is 0.331. The van der Waals surface area contributed by atoms with E-state index < -0.39 is 6.09 Å². The van der Waals surface area contributed by atoms with Gasteiger partial charge in [0.05, 0.1) is 29.7 Å². The predicted molar refractivity (Wildman–Crippen MR) is 134 cm³/mol. The van der Waals surface area contributed by atoms with Crippen molar-refractivity contribution >= 4 is 34.3 Å². The molecule has 1 aliphatic heterocycles. The van der Waals surface area contributed by atoms with Crippen molar-refractivity contribution in [3.8, 4) is 16.9 Å². The molecule has 0 spiro atoms. The van der Waals surface area contributed by atoms with Crippen LogP contribution in [0.15, 0.2) is 67.1 Å². The Morgan fingerprint density at radius 1 is 1.03 bits per heavy atom. The van der Waals surface area contributed by atoms with Crippen LogP contribution in [0.25, 0.3) is 22.0 Å². The molecule has 8 nitrogen and oxygen atoms in total. The van der Waals surface area contributed by atoms with E-state index in [2.05, 4.69) is 10.1 Å². The van der Waals surface area contributed by atoms with Crippen LogP contribution in [0.2, 0.25) is 0 Å². The fourth-order valence-corrected chi connectivity index (χ4v) is 4.79. The minimum Gasteiger partial charge on any atom is -0.408 e. The lowest BCUT2D eigenvalue weighted by Gasteiger charge is -2.40. The fourth-order valence-electron chi connectivity index (χ4n) is 4.79. The molecule has 3 heterocycles. The average molecular weight is 468 g/mol. The monoisotopic (exact) mass is 467 g/mol. The SMILES string of the molecule is CC(=O)N1c2ccc(-c3cnn(C4CC4)c3)cc2N(C(=O)Oc2cccc3cccnc23)C[C@@H]1C. The number of fused-ring (bicyclic) bond motifs is 2. The number of hydrogen-bond acceptors (Lipinski definition) is 5. The van der Waals surface area contributed by atoms with Gasteiger partial charge in [0.2, 0.25) is 5.91 Å². The topological polar surface area (TPSA) is 80.6 Å². The van der Waals surface area contributed by atoms with Crippen LogP contribution in [-0.4, -0.2) is 39.4 Å². The maximum atomic E-state index is 13.5. The van der Waals surface area contributed by atoms with Gasteiger partial charge in [0.15, 0.2) is 5.75 Å². The number of rotatable bonds is 3. The van der Waals surface area contributed by atoms with Crippen molar-refractivity contribution < 1.29 is 14.3 Å². The highest BCUT2D eigenvalue weighted by Gasteiger charge is 2.35. The molecule has 2 aliphatic rings. The molecule has 6 rings (SSSR count). The Morgan fingerprint density at radius 3 is 2.66 bits per heavy atom. The van der Waals surface area contributed by atoms with E-state index in [1.165, 1.54) is 0 Å². The molecule has 1 saturated carbocycles. The zero-order chi connectivity index (χ0) is 24.1. The van der Waals surface area contributed by atoms with Gasteiger partial charge >= 0.3 is 6.09 Å². The molecule has 0 N–H and O–H groups in total. The summed E-state index contributed by atoms with van der Waals surface area (Å²) in [5.41, 5.74) is 3.84. The lowest BCUT2D eigenvalue weighted by atomic mass is 10.0. The van der Waals surface area contributed by atoms with Crippen LogP contribution in [0.5, 0.6) is 5.75 Å². The van der Waals surface area contributed by atoms with E-state index in [0.29, 0.717) is 35.2 Å². The van der Waals surface area contributed by atoms with E-state index in [1.807, 2.05) is 66.5 Å². The van der Waals surface area contributed by atoms with Gasteiger partial charge in [-0.3, -0.25) is 19.4 Å². The van der Waals surface area contributed by atoms with Crippen molar-refractivity contribution in [3.63, 3.8) is 0 Å². The van der Waals surface area contributed by atoms with Crippen molar-refractivity contribution in [1.29, 1.82) is 0 Å². The maximum absolute atomic E-state index is 13.5. The maximum Gasteiger partial charge on any atom is 0.419 e. The third kappa shape index (κ3) is 3.80. The molecule has 1 aliphatic carbocycles. The second-order valence-electron chi connectivity index (χ2n) is 9.19. The summed E-state index contributed by atoms with van der Waals surface area (Å²) in [7, 11) is 0. The molecule has 0 saturated heterocycles. The van der Waals surface area contributed by atoms with E-state index in [-0.39, 0.29) is 11.9 Å². The van der Waals surface area contributed by atoms with E-state index in [4.69, 9.17) is 4.74 Å². The molecule has 2 aromatic carbocycles. The summed E-state index contributed by atoms with van der Waals surface area (Å²) in [5, 5.41) is 5.39. The molecule has 1 atom stereocenters. The Hall–Kier alpha value is -4.20. The standard InChI is InChI=1S/C27H25N5O3/c1-17-15-30(27(34)35-25-7-3-5-19-6-4-12-28-26(19)25)24-13-20(8-11-23(24)32(17)18(2)33)21-14-29-31(16-21)22-9-10-22/h3-8,11-14,16-17,22H,9-10,15H2,1-2H3/t17-/m0/s1. The molecule has 0 unspecified atom stereocenters. The number of pyridine rings is 1. The largest absolute Gasteiger partial charge is 0.419 e. The second kappa shape index (κ2) is 8.23. The molecule has 0 radical (unpaired) electrons. The number of benzene rings is 2. The van der Waals surface area contributed by atoms with E-state index in [9.17, 15) is 9.59 Å². The lowest BCUT2D eigenvalue weighted by Crippen LogP contribution is -2.52. The first-order valence-corrected chi connectivity index (χ1v) is 11.8. The number of aromatic nitrogens is 3. The van der Waals surface area contributed by atoms with Crippen LogP contribution >= 0.6 is 0 Å². The van der Waals surface area contributed by atoms with Crippen LogP contribution in [0.3, 0.4) is 0 Å². The summed E-state index contributed by atoms with van der Waals surface area (Å²) in [6, 6.07) is 15.4. The highest BCUT2D eigenvalue weighted by atomic mass is 16.6. The predicted octanol–water partition coefficient (Wildman–Crippen LogP) is 5.19. The summed E-state index contributed by atoms with van der Waals surface area (Å²) in [6.07, 6.45) is 7.36. The molecule has 0 bridgehead atoms. The summed E-state index contributed by atoms with van der Waals surface area (Å²) in [4.78, 5) is 33.7. The third-order valence-corrected chi connectivity index (χ3v) is 6.62. The first-order chi connectivity index (χ1) is 17.0. The minimum absolute atomic E-state index is 0.0701. The number of para-hydroxylation sites is 1. The van der Waals surface area contributed by atoms with Crippen LogP contribution in [0.4, 0.5) is 16.2 Å². The van der Waals surface area contributed by atoms with Crippen molar-refractivity contribution in [2.24, 2.45) is 0 Å². The summed E-state index contributed by atoms with van der Waals surface area (Å²) >= 11 is 0. The minimum atomic E-state index is -0.509. The number of ether oxygens (including phenoxy) is 1. The molecular formula is C27H25N5O3. The number of carbonyl (C=O) groups is 2. The lowest BCUT2D eigenvalue weighted by molar-refractivity contribution is -0.117. The van der Waals surface area contributed by atoms with Crippen molar-refractivity contribution in [2.45, 2.75) is 38.8 Å². The van der Waals surface area contributed by atoms with Crippen LogP contribution in [0, 0.1) is 0 Å². The van der Waals surface area contributed by atoms with Gasteiger partial charge < -0.3 is 9.64 Å². The second-order valence-corrected chi connectivity index (χ2v) is 9.19. The number of amides is 2. The Labute approximate surface area is 202 Å². The first-order valence-electron chi connectivity index (χ1n) is 11.8. The molecule has 2 aromatic heterocycles. The molecule has 35 heavy (non-hydrogen) atoms. The summed E-state index contributed by atoms with van der Waals surface area (Å²) < 4.78 is 7.86. The number of anilines is 2. The Morgan fingerprint density at radius 2 is 1.86 bits per heavy atom. The highest BCUT2D eigenvalue weighted by Crippen LogP contribution is 2.40. The van der Waals surface area contributed by atoms with Gasteiger partial charge in [-0.1, -0.05) is 24.3 Å². The molecule has 1 fully saturated rings. The average Bonchev–Trinajstić information content (AvgIpc) is 3.59. The molecule has 4 aromatic rings. The normalized spacial score (nSPS) is 17.4. The molecule has 2 amide bonds. The van der Waals surface area contributed by atoms with Crippen molar-refractivity contribution in [2.75, 3.05) is 16.3 Å². The Bertz CT molecular complexity index is 1450. The van der Waals surface area contributed by atoms with Gasteiger partial charge in [-0.05, 0) is 49.6 Å². The van der Waals surface area contributed by atoms with Crippen molar-refractivity contribution in [1.82, 2.24) is 14.8 Å². The number of nitrogens with zero attached hydrogens (tertiary/aromatic N) is 5. The zero-order valence-corrected chi connectivity index (χ0v) is 19.6. The summed E-state index contributed by atoms with van der Waals surface area (Å²) in [6.45, 7) is 3.79. The Balaban J connectivity index is 1.39. The van der Waals surface area contributed by atoms with Gasteiger partial charge in [-0.2, -0.15) is 5.10 Å². The van der Waals surface area contributed by atoms with Crippen molar-refractivity contribution in [3.05, 3.63) is 67.1 Å². The highest BCUT2D eigenvalue weighted by molar-refractivity contribution is 6.04. The smallest absolute Gasteiger partial charge is 0.408 e. The Kier molecular flexibility index (Phi) is 5.02. The van der Waals surface area contributed by atoms with Crippen LogP contribution in [0.1, 0.15) is 32.7 Å². The van der Waals surface area contributed by atoms with Gasteiger partial charge in [0, 0.05) is 36.8 Å².